The molecule has 2 N–H and O–H groups in total. The van der Waals surface area contributed by atoms with Crippen LogP contribution in [0.25, 0.3) is 0 Å². The van der Waals surface area contributed by atoms with Crippen LogP contribution >= 0.6 is 11.3 Å². The van der Waals surface area contributed by atoms with Gasteiger partial charge in [0.15, 0.2) is 6.61 Å². The number of hydrogen-bond acceptors (Lipinski definition) is 6. The molecule has 0 aliphatic carbocycles. The Morgan fingerprint density at radius 2 is 1.68 bits per heavy atom. The zero-order chi connectivity index (χ0) is 24.8. The Labute approximate surface area is 203 Å². The molecule has 0 unspecified atom stereocenters. The minimum Gasteiger partial charge on any atom is -0.483 e. The fourth-order valence-electron chi connectivity index (χ4n) is 3.42. The number of rotatable bonds is 8. The van der Waals surface area contributed by atoms with Crippen LogP contribution in [-0.2, 0) is 9.53 Å². The average molecular weight is 481 g/mol. The Bertz CT molecular complexity index is 1230. The van der Waals surface area contributed by atoms with Crippen molar-refractivity contribution in [1.29, 1.82) is 0 Å². The smallest absolute Gasteiger partial charge is 0.341 e. The fourth-order valence-corrected chi connectivity index (χ4v) is 4.53. The molecular formula is C26H28N2O5S. The molecule has 34 heavy (non-hydrogen) atoms. The molecule has 0 aliphatic heterocycles. The quantitative estimate of drug-likeness (QED) is 0.420. The van der Waals surface area contributed by atoms with Gasteiger partial charge in [0, 0.05) is 5.69 Å². The van der Waals surface area contributed by atoms with E-state index < -0.39 is 11.9 Å². The number of aryl methyl sites for hydroxylation is 3. The van der Waals surface area contributed by atoms with Crippen molar-refractivity contribution in [2.75, 3.05) is 23.8 Å². The second kappa shape index (κ2) is 11.0. The zero-order valence-corrected chi connectivity index (χ0v) is 20.7. The van der Waals surface area contributed by atoms with Crippen molar-refractivity contribution in [3.05, 3.63) is 75.2 Å². The number of carbonyl (C=O) groups is 3. The van der Waals surface area contributed by atoms with E-state index in [4.69, 9.17) is 9.47 Å². The summed E-state index contributed by atoms with van der Waals surface area (Å²) in [5.74, 6) is -0.816. The molecule has 0 saturated heterocycles. The van der Waals surface area contributed by atoms with Gasteiger partial charge < -0.3 is 20.1 Å². The van der Waals surface area contributed by atoms with Crippen molar-refractivity contribution in [1.82, 2.24) is 0 Å². The van der Waals surface area contributed by atoms with E-state index in [1.807, 2.05) is 57.2 Å². The van der Waals surface area contributed by atoms with Crippen molar-refractivity contribution in [2.45, 2.75) is 34.6 Å². The van der Waals surface area contributed by atoms with Crippen LogP contribution < -0.4 is 15.4 Å². The van der Waals surface area contributed by atoms with Crippen LogP contribution in [0.5, 0.6) is 5.75 Å². The number of hydrogen-bond donors (Lipinski definition) is 2. The number of nitrogens with one attached hydrogen (secondary N) is 2. The lowest BCUT2D eigenvalue weighted by atomic mass is 10.1. The third-order valence-electron chi connectivity index (χ3n) is 5.17. The largest absolute Gasteiger partial charge is 0.483 e. The lowest BCUT2D eigenvalue weighted by Crippen LogP contribution is -2.21. The van der Waals surface area contributed by atoms with Crippen LogP contribution in [0.4, 0.5) is 10.7 Å². The van der Waals surface area contributed by atoms with E-state index in [2.05, 4.69) is 10.6 Å². The molecular weight excluding hydrogens is 452 g/mol. The summed E-state index contributed by atoms with van der Waals surface area (Å²) in [5, 5.41) is 5.86. The van der Waals surface area contributed by atoms with Gasteiger partial charge in [-0.1, -0.05) is 35.9 Å². The number of benzene rings is 2. The molecule has 3 aromatic rings. The van der Waals surface area contributed by atoms with Gasteiger partial charge in [0.25, 0.3) is 11.8 Å². The Hall–Kier alpha value is -3.65. The van der Waals surface area contributed by atoms with Crippen LogP contribution in [0.2, 0.25) is 0 Å². The number of amides is 2. The van der Waals surface area contributed by atoms with Crippen LogP contribution in [-0.4, -0.2) is 31.0 Å². The van der Waals surface area contributed by atoms with Gasteiger partial charge in [0.2, 0.25) is 0 Å². The van der Waals surface area contributed by atoms with Crippen LogP contribution in [0.1, 0.15) is 49.2 Å². The second-order valence-corrected chi connectivity index (χ2v) is 8.88. The predicted octanol–water partition coefficient (Wildman–Crippen LogP) is 5.43. The first-order valence-electron chi connectivity index (χ1n) is 10.9. The summed E-state index contributed by atoms with van der Waals surface area (Å²) >= 11 is 1.03. The molecule has 2 amide bonds. The number of esters is 1. The standard InChI is InChI=1S/C26H28N2O5S/c1-6-32-26(31)22-18(5)23(24(30)27-19-12-11-15(2)13-17(19)4)34-25(22)28-21(29)14-33-20-10-8-7-9-16(20)3/h7-13H,6,14H2,1-5H3,(H,27,30)(H,28,29). The van der Waals surface area contributed by atoms with Crippen molar-refractivity contribution < 1.29 is 23.9 Å². The van der Waals surface area contributed by atoms with Crippen molar-refractivity contribution in [3.8, 4) is 5.75 Å². The van der Waals surface area contributed by atoms with E-state index in [9.17, 15) is 14.4 Å². The number of carbonyl (C=O) groups excluding carboxylic acids is 3. The first-order chi connectivity index (χ1) is 16.2. The maximum absolute atomic E-state index is 13.1. The third kappa shape index (κ3) is 5.82. The molecule has 0 aliphatic rings. The number of anilines is 2. The van der Waals surface area contributed by atoms with Crippen molar-refractivity contribution >= 4 is 39.8 Å². The van der Waals surface area contributed by atoms with Gasteiger partial charge in [-0.05, 0) is 63.4 Å². The molecule has 8 heteroatoms. The zero-order valence-electron chi connectivity index (χ0n) is 19.9. The Kier molecular flexibility index (Phi) is 8.07. The van der Waals surface area contributed by atoms with Gasteiger partial charge in [-0.2, -0.15) is 0 Å². The number of thiophene rings is 1. The Morgan fingerprint density at radius 1 is 0.941 bits per heavy atom. The first-order valence-corrected chi connectivity index (χ1v) is 11.7. The highest BCUT2D eigenvalue weighted by molar-refractivity contribution is 7.19. The molecule has 3 rings (SSSR count). The fraction of sp³-hybridized carbons (Fsp3) is 0.269. The minimum absolute atomic E-state index is 0.168. The van der Waals surface area contributed by atoms with Crippen LogP contribution in [0.3, 0.4) is 0 Å². The van der Waals surface area contributed by atoms with E-state index in [1.54, 1.807) is 19.9 Å². The Balaban J connectivity index is 1.83. The number of para-hydroxylation sites is 1. The molecule has 2 aromatic carbocycles. The summed E-state index contributed by atoms with van der Waals surface area (Å²) in [5.41, 5.74) is 4.21. The van der Waals surface area contributed by atoms with Crippen LogP contribution in [0, 0.1) is 27.7 Å². The number of ether oxygens (including phenoxy) is 2. The maximum Gasteiger partial charge on any atom is 0.341 e. The lowest BCUT2D eigenvalue weighted by Gasteiger charge is -2.10. The predicted molar refractivity (Wildman–Crippen MR) is 134 cm³/mol. The summed E-state index contributed by atoms with van der Waals surface area (Å²) in [6, 6.07) is 13.1. The molecule has 1 heterocycles. The van der Waals surface area contributed by atoms with Crippen LogP contribution in [0.15, 0.2) is 42.5 Å². The molecule has 7 nitrogen and oxygen atoms in total. The average Bonchev–Trinajstić information content (AvgIpc) is 3.11. The lowest BCUT2D eigenvalue weighted by molar-refractivity contribution is -0.118. The highest BCUT2D eigenvalue weighted by Crippen LogP contribution is 2.34. The monoisotopic (exact) mass is 480 g/mol. The third-order valence-corrected chi connectivity index (χ3v) is 6.37. The van der Waals surface area contributed by atoms with Crippen molar-refractivity contribution in [2.24, 2.45) is 0 Å². The first kappa shape index (κ1) is 25.0. The van der Waals surface area contributed by atoms with Crippen molar-refractivity contribution in [3.63, 3.8) is 0 Å². The maximum atomic E-state index is 13.1. The topological polar surface area (TPSA) is 93.7 Å². The summed E-state index contributed by atoms with van der Waals surface area (Å²) in [4.78, 5) is 38.6. The van der Waals surface area contributed by atoms with Gasteiger partial charge in [-0.15, -0.1) is 11.3 Å². The minimum atomic E-state index is -0.600. The van der Waals surface area contributed by atoms with Gasteiger partial charge in [-0.3, -0.25) is 9.59 Å². The molecule has 0 atom stereocenters. The molecule has 0 fully saturated rings. The van der Waals surface area contributed by atoms with E-state index in [1.165, 1.54) is 0 Å². The normalized spacial score (nSPS) is 10.5. The summed E-state index contributed by atoms with van der Waals surface area (Å²) in [6.07, 6.45) is 0. The SMILES string of the molecule is CCOC(=O)c1c(NC(=O)COc2ccccc2C)sc(C(=O)Nc2ccc(C)cc2C)c1C. The highest BCUT2D eigenvalue weighted by Gasteiger charge is 2.27. The van der Waals surface area contributed by atoms with Gasteiger partial charge in [0.05, 0.1) is 17.0 Å². The summed E-state index contributed by atoms with van der Waals surface area (Å²) < 4.78 is 10.8. The molecule has 0 radical (unpaired) electrons. The van der Waals surface area contributed by atoms with Gasteiger partial charge in [-0.25, -0.2) is 4.79 Å². The molecule has 0 saturated carbocycles. The molecule has 1 aromatic heterocycles. The van der Waals surface area contributed by atoms with Gasteiger partial charge >= 0.3 is 5.97 Å². The van der Waals surface area contributed by atoms with Gasteiger partial charge in [0.1, 0.15) is 10.8 Å². The molecule has 178 valence electrons. The van der Waals surface area contributed by atoms with E-state index in [-0.39, 0.29) is 29.7 Å². The van der Waals surface area contributed by atoms with E-state index >= 15 is 0 Å². The molecule has 0 spiro atoms. The van der Waals surface area contributed by atoms with E-state index in [0.29, 0.717) is 21.9 Å². The Morgan fingerprint density at radius 3 is 2.35 bits per heavy atom. The summed E-state index contributed by atoms with van der Waals surface area (Å²) in [6.45, 7) is 9.06. The molecule has 0 bridgehead atoms. The second-order valence-electron chi connectivity index (χ2n) is 7.86. The van der Waals surface area contributed by atoms with E-state index in [0.717, 1.165) is 28.0 Å². The highest BCUT2D eigenvalue weighted by atomic mass is 32.1. The summed E-state index contributed by atoms with van der Waals surface area (Å²) in [7, 11) is 0.